The number of nitro groups is 1. The number of anilines is 2. The van der Waals surface area contributed by atoms with Crippen LogP contribution in [0.3, 0.4) is 0 Å². The Morgan fingerprint density at radius 2 is 1.92 bits per heavy atom. The Balaban J connectivity index is 2.06. The molecular weight excluding hydrogens is 381 g/mol. The molecule has 2 rings (SSSR count). The number of benzene rings is 2. The van der Waals surface area contributed by atoms with Crippen molar-refractivity contribution in [2.24, 2.45) is 0 Å². The van der Waals surface area contributed by atoms with Crippen LogP contribution in [-0.4, -0.2) is 17.4 Å². The van der Waals surface area contributed by atoms with Crippen molar-refractivity contribution in [2.45, 2.75) is 13.8 Å². The molecule has 0 saturated carbocycles. The molecule has 2 aromatic carbocycles. The molecule has 0 aliphatic heterocycles. The molecule has 0 aromatic heterocycles. The zero-order valence-electron chi connectivity index (χ0n) is 13.0. The third-order valence-corrected chi connectivity index (χ3v) is 3.88. The highest BCUT2D eigenvalue weighted by molar-refractivity contribution is 9.10. The average molecular weight is 396 g/mol. The maximum absolute atomic E-state index is 13.7. The third-order valence-electron chi connectivity index (χ3n) is 3.38. The van der Waals surface area contributed by atoms with Crippen molar-refractivity contribution in [3.63, 3.8) is 0 Å². The lowest BCUT2D eigenvalue weighted by molar-refractivity contribution is -0.385. The highest BCUT2D eigenvalue weighted by atomic mass is 79.9. The number of carbonyl (C=O) groups is 1. The lowest BCUT2D eigenvalue weighted by Gasteiger charge is -2.11. The predicted octanol–water partition coefficient (Wildman–Crippen LogP) is 4.16. The molecule has 0 saturated heterocycles. The Morgan fingerprint density at radius 1 is 1.21 bits per heavy atom. The highest BCUT2D eigenvalue weighted by Gasteiger charge is 2.14. The second-order valence-electron chi connectivity index (χ2n) is 5.24. The Bertz CT molecular complexity index is 811. The summed E-state index contributed by atoms with van der Waals surface area (Å²) in [6, 6.07) is 7.36. The number of halogens is 2. The number of nitrogens with zero attached hydrogens (tertiary/aromatic N) is 1. The van der Waals surface area contributed by atoms with E-state index in [0.29, 0.717) is 15.7 Å². The van der Waals surface area contributed by atoms with E-state index in [1.54, 1.807) is 26.0 Å². The molecule has 0 radical (unpaired) electrons. The molecule has 0 spiro atoms. The van der Waals surface area contributed by atoms with E-state index in [4.69, 9.17) is 0 Å². The van der Waals surface area contributed by atoms with Gasteiger partial charge in [0.15, 0.2) is 0 Å². The van der Waals surface area contributed by atoms with Gasteiger partial charge in [0.2, 0.25) is 5.91 Å². The van der Waals surface area contributed by atoms with Gasteiger partial charge < -0.3 is 10.6 Å². The minimum atomic E-state index is -0.556. The summed E-state index contributed by atoms with van der Waals surface area (Å²) >= 11 is 3.14. The fourth-order valence-corrected chi connectivity index (χ4v) is 2.52. The molecular formula is C16H15BrFN3O3. The first-order valence-electron chi connectivity index (χ1n) is 7.02. The molecule has 126 valence electrons. The van der Waals surface area contributed by atoms with Crippen LogP contribution in [0.5, 0.6) is 0 Å². The van der Waals surface area contributed by atoms with Crippen molar-refractivity contribution in [1.29, 1.82) is 0 Å². The van der Waals surface area contributed by atoms with Crippen LogP contribution in [0.25, 0.3) is 0 Å². The maximum Gasteiger partial charge on any atom is 0.274 e. The fourth-order valence-electron chi connectivity index (χ4n) is 2.19. The molecule has 2 aromatic rings. The van der Waals surface area contributed by atoms with Crippen LogP contribution < -0.4 is 10.6 Å². The van der Waals surface area contributed by atoms with E-state index in [1.807, 2.05) is 0 Å². The van der Waals surface area contributed by atoms with Crippen molar-refractivity contribution in [2.75, 3.05) is 17.2 Å². The van der Waals surface area contributed by atoms with E-state index in [1.165, 1.54) is 18.2 Å². The van der Waals surface area contributed by atoms with Gasteiger partial charge in [-0.05, 0) is 43.7 Å². The number of nitro benzene ring substituents is 1. The number of rotatable bonds is 5. The van der Waals surface area contributed by atoms with Gasteiger partial charge in [0.25, 0.3) is 5.69 Å². The van der Waals surface area contributed by atoms with Crippen LogP contribution in [-0.2, 0) is 4.79 Å². The summed E-state index contributed by atoms with van der Waals surface area (Å²) in [4.78, 5) is 22.4. The van der Waals surface area contributed by atoms with E-state index in [-0.39, 0.29) is 17.9 Å². The first-order valence-corrected chi connectivity index (χ1v) is 7.81. The minimum absolute atomic E-state index is 0.0255. The molecule has 6 nitrogen and oxygen atoms in total. The zero-order chi connectivity index (χ0) is 17.9. The first kappa shape index (κ1) is 17.9. The van der Waals surface area contributed by atoms with Gasteiger partial charge in [-0.15, -0.1) is 0 Å². The number of aryl methyl sites for hydroxylation is 2. The number of amides is 1. The Labute approximate surface area is 146 Å². The second kappa shape index (κ2) is 7.39. The quantitative estimate of drug-likeness (QED) is 0.587. The molecule has 0 unspecified atom stereocenters. The molecule has 0 heterocycles. The average Bonchev–Trinajstić information content (AvgIpc) is 2.49. The largest absolute Gasteiger partial charge is 0.376 e. The summed E-state index contributed by atoms with van der Waals surface area (Å²) in [5.74, 6) is -1.02. The Hall–Kier alpha value is -2.48. The summed E-state index contributed by atoms with van der Waals surface area (Å²) in [6.07, 6.45) is 0. The first-order chi connectivity index (χ1) is 11.3. The molecule has 1 amide bonds. The van der Waals surface area contributed by atoms with Gasteiger partial charge in [-0.3, -0.25) is 14.9 Å². The van der Waals surface area contributed by atoms with Crippen LogP contribution in [0, 0.1) is 29.8 Å². The van der Waals surface area contributed by atoms with E-state index >= 15 is 0 Å². The molecule has 24 heavy (non-hydrogen) atoms. The molecule has 0 fully saturated rings. The lowest BCUT2D eigenvalue weighted by atomic mass is 10.1. The standard InChI is InChI=1S/C16H15BrFN3O3/c1-9-5-10(2)15(21(23)24)7-14(9)19-8-16(22)20-13-4-3-11(17)6-12(13)18/h3-7,19H,8H2,1-2H3,(H,20,22). The second-order valence-corrected chi connectivity index (χ2v) is 6.15. The van der Waals surface area contributed by atoms with Crippen molar-refractivity contribution in [3.8, 4) is 0 Å². The Kier molecular flexibility index (Phi) is 5.50. The summed E-state index contributed by atoms with van der Waals surface area (Å²) in [7, 11) is 0. The topological polar surface area (TPSA) is 84.3 Å². The lowest BCUT2D eigenvalue weighted by Crippen LogP contribution is -2.22. The number of hydrogen-bond acceptors (Lipinski definition) is 4. The van der Waals surface area contributed by atoms with Crippen molar-refractivity contribution >= 4 is 38.9 Å². The van der Waals surface area contributed by atoms with E-state index in [9.17, 15) is 19.3 Å². The van der Waals surface area contributed by atoms with Gasteiger partial charge in [-0.2, -0.15) is 0 Å². The molecule has 2 N–H and O–H groups in total. The smallest absolute Gasteiger partial charge is 0.274 e. The van der Waals surface area contributed by atoms with Crippen molar-refractivity contribution in [1.82, 2.24) is 0 Å². The fraction of sp³-hybridized carbons (Fsp3) is 0.188. The van der Waals surface area contributed by atoms with Gasteiger partial charge in [-0.1, -0.05) is 15.9 Å². The van der Waals surface area contributed by atoms with Gasteiger partial charge in [0.05, 0.1) is 17.2 Å². The minimum Gasteiger partial charge on any atom is -0.376 e. The van der Waals surface area contributed by atoms with Crippen molar-refractivity contribution in [3.05, 3.63) is 61.9 Å². The monoisotopic (exact) mass is 395 g/mol. The number of nitrogens with one attached hydrogen (secondary N) is 2. The normalized spacial score (nSPS) is 10.3. The van der Waals surface area contributed by atoms with Crippen molar-refractivity contribution < 1.29 is 14.1 Å². The SMILES string of the molecule is Cc1cc(C)c([N+](=O)[O-])cc1NCC(=O)Nc1ccc(Br)cc1F. The summed E-state index contributed by atoms with van der Waals surface area (Å²) in [6.45, 7) is 3.29. The van der Waals surface area contributed by atoms with Crippen LogP contribution in [0.4, 0.5) is 21.5 Å². The summed E-state index contributed by atoms with van der Waals surface area (Å²) in [5.41, 5.74) is 1.85. The third kappa shape index (κ3) is 4.29. The van der Waals surface area contributed by atoms with Crippen LogP contribution >= 0.6 is 15.9 Å². The van der Waals surface area contributed by atoms with E-state index in [0.717, 1.165) is 5.56 Å². The molecule has 0 bridgehead atoms. The van der Waals surface area contributed by atoms with Gasteiger partial charge in [0, 0.05) is 21.8 Å². The van der Waals surface area contributed by atoms with Crippen LogP contribution in [0.2, 0.25) is 0 Å². The van der Waals surface area contributed by atoms with Crippen LogP contribution in [0.15, 0.2) is 34.8 Å². The van der Waals surface area contributed by atoms with Crippen LogP contribution in [0.1, 0.15) is 11.1 Å². The molecule has 8 heteroatoms. The summed E-state index contributed by atoms with van der Waals surface area (Å²) in [5, 5.41) is 16.3. The molecule has 0 aliphatic rings. The number of hydrogen-bond donors (Lipinski definition) is 2. The highest BCUT2D eigenvalue weighted by Crippen LogP contribution is 2.26. The predicted molar refractivity (Wildman–Crippen MR) is 93.8 cm³/mol. The van der Waals surface area contributed by atoms with Gasteiger partial charge in [-0.25, -0.2) is 4.39 Å². The zero-order valence-corrected chi connectivity index (χ0v) is 14.6. The Morgan fingerprint density at radius 3 is 2.54 bits per heavy atom. The maximum atomic E-state index is 13.7. The summed E-state index contributed by atoms with van der Waals surface area (Å²) < 4.78 is 14.3. The number of carbonyl (C=O) groups excluding carboxylic acids is 1. The van der Waals surface area contributed by atoms with Gasteiger partial charge in [0.1, 0.15) is 5.82 Å². The molecule has 0 aliphatic carbocycles. The van der Waals surface area contributed by atoms with E-state index in [2.05, 4.69) is 26.6 Å². The van der Waals surface area contributed by atoms with Gasteiger partial charge >= 0.3 is 0 Å². The molecule has 0 atom stereocenters. The van der Waals surface area contributed by atoms with E-state index < -0.39 is 16.6 Å².